The van der Waals surface area contributed by atoms with Gasteiger partial charge < -0.3 is 0 Å². The number of hydrogen-bond acceptors (Lipinski definition) is 0. The molecule has 3 aromatic rings. The fourth-order valence-corrected chi connectivity index (χ4v) is 3.92. The van der Waals surface area contributed by atoms with Crippen molar-refractivity contribution in [2.45, 2.75) is 18.8 Å². The molecule has 1 atom stereocenters. The van der Waals surface area contributed by atoms with Crippen LogP contribution in [0.2, 0.25) is 0 Å². The van der Waals surface area contributed by atoms with Gasteiger partial charge in [-0.2, -0.15) is 0 Å². The standard InChI is InChI=1S/C21H16/c1-2-7-19-15(5-1)8-9-17-12-20-16-6-3-4-14(10-16)11-18(20)13-21(17)19/h1-5,7-10,12-13,16H,6,11H2. The lowest BCUT2D eigenvalue weighted by molar-refractivity contribution is 0.799. The minimum Gasteiger partial charge on any atom is -0.0833 e. The summed E-state index contributed by atoms with van der Waals surface area (Å²) in [6, 6.07) is 18.1. The Kier molecular flexibility index (Phi) is 2.20. The fourth-order valence-electron chi connectivity index (χ4n) is 3.92. The summed E-state index contributed by atoms with van der Waals surface area (Å²) in [5.74, 6) is 0.588. The Hall–Kier alpha value is -2.34. The summed E-state index contributed by atoms with van der Waals surface area (Å²) in [4.78, 5) is 0. The second-order valence-corrected chi connectivity index (χ2v) is 6.22. The van der Waals surface area contributed by atoms with Crippen LogP contribution >= 0.6 is 0 Å². The van der Waals surface area contributed by atoms with Gasteiger partial charge >= 0.3 is 0 Å². The van der Waals surface area contributed by atoms with Gasteiger partial charge in [-0.25, -0.2) is 0 Å². The molecule has 2 aliphatic rings. The van der Waals surface area contributed by atoms with Crippen LogP contribution in [0.25, 0.3) is 21.5 Å². The van der Waals surface area contributed by atoms with Crippen molar-refractivity contribution in [3.8, 4) is 0 Å². The fraction of sp³-hybridized carbons (Fsp3) is 0.143. The van der Waals surface area contributed by atoms with Gasteiger partial charge in [0.15, 0.2) is 0 Å². The van der Waals surface area contributed by atoms with E-state index in [1.165, 1.54) is 38.2 Å². The maximum atomic E-state index is 2.45. The normalized spacial score (nSPS) is 19.6. The van der Waals surface area contributed by atoms with Crippen LogP contribution < -0.4 is 0 Å². The quantitative estimate of drug-likeness (QED) is 0.471. The van der Waals surface area contributed by atoms with Gasteiger partial charge in [0.05, 0.1) is 0 Å². The third kappa shape index (κ3) is 1.62. The zero-order valence-corrected chi connectivity index (χ0v) is 11.8. The van der Waals surface area contributed by atoms with E-state index in [1.54, 1.807) is 0 Å². The minimum atomic E-state index is 0.588. The first-order chi connectivity index (χ1) is 10.4. The first-order valence-electron chi connectivity index (χ1n) is 7.70. The van der Waals surface area contributed by atoms with Crippen LogP contribution in [0.3, 0.4) is 0 Å². The monoisotopic (exact) mass is 268 g/mol. The summed E-state index contributed by atoms with van der Waals surface area (Å²) < 4.78 is 0. The van der Waals surface area contributed by atoms with Gasteiger partial charge in [0.2, 0.25) is 0 Å². The molecular formula is C21H16. The molecule has 2 aliphatic carbocycles. The van der Waals surface area contributed by atoms with E-state index in [0.29, 0.717) is 5.92 Å². The van der Waals surface area contributed by atoms with Gasteiger partial charge in [0.1, 0.15) is 0 Å². The second kappa shape index (κ2) is 4.08. The van der Waals surface area contributed by atoms with Crippen molar-refractivity contribution in [3.05, 3.63) is 83.5 Å². The first kappa shape index (κ1) is 11.3. The molecule has 21 heavy (non-hydrogen) atoms. The molecule has 5 rings (SSSR count). The molecule has 0 N–H and O–H groups in total. The van der Waals surface area contributed by atoms with E-state index in [9.17, 15) is 0 Å². The van der Waals surface area contributed by atoms with Crippen molar-refractivity contribution in [1.29, 1.82) is 0 Å². The highest BCUT2D eigenvalue weighted by molar-refractivity contribution is 6.08. The molecule has 0 aliphatic heterocycles. The Balaban J connectivity index is 1.84. The van der Waals surface area contributed by atoms with E-state index < -0.39 is 0 Å². The third-order valence-corrected chi connectivity index (χ3v) is 4.94. The smallest absolute Gasteiger partial charge is 0.00615 e. The average molecular weight is 268 g/mol. The van der Waals surface area contributed by atoms with E-state index in [-0.39, 0.29) is 0 Å². The van der Waals surface area contributed by atoms with E-state index in [4.69, 9.17) is 0 Å². The van der Waals surface area contributed by atoms with Crippen molar-refractivity contribution in [3.63, 3.8) is 0 Å². The molecule has 0 heteroatoms. The lowest BCUT2D eigenvalue weighted by Gasteiger charge is -2.26. The van der Waals surface area contributed by atoms with Crippen LogP contribution in [-0.4, -0.2) is 0 Å². The summed E-state index contributed by atoms with van der Waals surface area (Å²) in [6.45, 7) is 0. The molecule has 0 fully saturated rings. The van der Waals surface area contributed by atoms with E-state index in [2.05, 4.69) is 66.8 Å². The van der Waals surface area contributed by atoms with Crippen LogP contribution in [0.15, 0.2) is 72.3 Å². The van der Waals surface area contributed by atoms with Crippen molar-refractivity contribution >= 4 is 21.5 Å². The average Bonchev–Trinajstić information content (AvgIpc) is 2.54. The highest BCUT2D eigenvalue weighted by Gasteiger charge is 2.21. The summed E-state index contributed by atoms with van der Waals surface area (Å²) in [6.07, 6.45) is 9.31. The van der Waals surface area contributed by atoms with Crippen LogP contribution in [0.4, 0.5) is 0 Å². The highest BCUT2D eigenvalue weighted by Crippen LogP contribution is 2.39. The molecule has 0 amide bonds. The Morgan fingerprint density at radius 3 is 2.76 bits per heavy atom. The number of fused-ring (bicyclic) bond motifs is 6. The number of hydrogen-bond donors (Lipinski definition) is 0. The van der Waals surface area contributed by atoms with Gasteiger partial charge in [0, 0.05) is 5.92 Å². The third-order valence-electron chi connectivity index (χ3n) is 4.94. The number of allylic oxidation sites excluding steroid dienone is 4. The molecule has 0 radical (unpaired) electrons. The lowest BCUT2D eigenvalue weighted by Crippen LogP contribution is -2.10. The van der Waals surface area contributed by atoms with Crippen molar-refractivity contribution in [2.75, 3.05) is 0 Å². The van der Waals surface area contributed by atoms with Crippen LogP contribution in [0.1, 0.15) is 23.5 Å². The zero-order chi connectivity index (χ0) is 13.8. The van der Waals surface area contributed by atoms with Crippen LogP contribution in [-0.2, 0) is 6.42 Å². The number of rotatable bonds is 0. The predicted molar refractivity (Wildman–Crippen MR) is 89.7 cm³/mol. The van der Waals surface area contributed by atoms with Crippen molar-refractivity contribution in [1.82, 2.24) is 0 Å². The van der Waals surface area contributed by atoms with Gasteiger partial charge in [0.25, 0.3) is 0 Å². The lowest BCUT2D eigenvalue weighted by atomic mass is 9.78. The maximum Gasteiger partial charge on any atom is 0.00615 e. The molecule has 0 spiro atoms. The minimum absolute atomic E-state index is 0.588. The Morgan fingerprint density at radius 2 is 1.76 bits per heavy atom. The Morgan fingerprint density at radius 1 is 0.857 bits per heavy atom. The van der Waals surface area contributed by atoms with Gasteiger partial charge in [-0.3, -0.25) is 0 Å². The van der Waals surface area contributed by atoms with Crippen LogP contribution in [0, 0.1) is 0 Å². The molecule has 0 aromatic heterocycles. The topological polar surface area (TPSA) is 0 Å². The molecule has 0 saturated carbocycles. The second-order valence-electron chi connectivity index (χ2n) is 6.22. The summed E-state index contributed by atoms with van der Waals surface area (Å²) in [5.41, 5.74) is 4.54. The summed E-state index contributed by atoms with van der Waals surface area (Å²) >= 11 is 0. The van der Waals surface area contributed by atoms with E-state index in [0.717, 1.165) is 12.8 Å². The van der Waals surface area contributed by atoms with Gasteiger partial charge in [-0.1, -0.05) is 60.7 Å². The molecule has 3 aromatic carbocycles. The van der Waals surface area contributed by atoms with Gasteiger partial charge in [-0.05, 0) is 57.2 Å². The SMILES string of the molecule is C1=CC2=CC(C1)c1cc3ccc4ccccc4c3cc1C2. The van der Waals surface area contributed by atoms with Crippen LogP contribution in [0.5, 0.6) is 0 Å². The largest absolute Gasteiger partial charge is 0.0833 e. The van der Waals surface area contributed by atoms with Crippen molar-refractivity contribution < 1.29 is 0 Å². The first-order valence-corrected chi connectivity index (χ1v) is 7.70. The summed E-state index contributed by atoms with van der Waals surface area (Å²) in [7, 11) is 0. The van der Waals surface area contributed by atoms with Crippen molar-refractivity contribution in [2.24, 2.45) is 0 Å². The molecule has 1 unspecified atom stereocenters. The van der Waals surface area contributed by atoms with E-state index in [1.807, 2.05) is 0 Å². The Labute approximate surface area is 124 Å². The molecule has 100 valence electrons. The van der Waals surface area contributed by atoms with E-state index >= 15 is 0 Å². The number of benzene rings is 3. The Bertz CT molecular complexity index is 941. The highest BCUT2D eigenvalue weighted by atomic mass is 14.3. The molecular weight excluding hydrogens is 252 g/mol. The molecule has 0 saturated heterocycles. The zero-order valence-electron chi connectivity index (χ0n) is 11.8. The molecule has 2 bridgehead atoms. The predicted octanol–water partition coefficient (Wildman–Crippen LogP) is 5.52. The molecule has 0 nitrogen and oxygen atoms in total. The summed E-state index contributed by atoms with van der Waals surface area (Å²) in [5, 5.41) is 5.48. The maximum absolute atomic E-state index is 2.45. The van der Waals surface area contributed by atoms with Gasteiger partial charge in [-0.15, -0.1) is 0 Å². The molecule has 0 heterocycles.